The van der Waals surface area contributed by atoms with Crippen LogP contribution in [0.5, 0.6) is 0 Å². The molecule has 0 bridgehead atoms. The number of rotatable bonds is 3. The van der Waals surface area contributed by atoms with Crippen LogP contribution < -0.4 is 5.56 Å². The highest BCUT2D eigenvalue weighted by atomic mass is 16.1. The maximum absolute atomic E-state index is 14.0. The van der Waals surface area contributed by atoms with E-state index in [9.17, 15) is 4.79 Å². The summed E-state index contributed by atoms with van der Waals surface area (Å²) in [7, 11) is 0. The van der Waals surface area contributed by atoms with Gasteiger partial charge in [0.05, 0.1) is 33.1 Å². The number of pyridine rings is 1. The summed E-state index contributed by atoms with van der Waals surface area (Å²) < 4.78 is 6.81. The zero-order valence-corrected chi connectivity index (χ0v) is 34.1. The molecule has 14 rings (SSSR count). The van der Waals surface area contributed by atoms with Gasteiger partial charge in [0.2, 0.25) is 0 Å². The summed E-state index contributed by atoms with van der Waals surface area (Å²) in [4.78, 5) is 14.0. The predicted molar refractivity (Wildman–Crippen MR) is 259 cm³/mol. The van der Waals surface area contributed by atoms with Crippen LogP contribution in [-0.2, 0) is 5.41 Å². The fourth-order valence-electron chi connectivity index (χ4n) is 11.3. The summed E-state index contributed by atoms with van der Waals surface area (Å²) in [5.74, 6) is 0. The lowest BCUT2D eigenvalue weighted by molar-refractivity contribution is 0.661. The summed E-state index contributed by atoms with van der Waals surface area (Å²) in [5.41, 5.74) is 16.5. The number of aromatic nitrogens is 3. The van der Waals surface area contributed by atoms with Crippen LogP contribution in [0.15, 0.2) is 193 Å². The van der Waals surface area contributed by atoms with Gasteiger partial charge in [-0.05, 0) is 118 Å². The standard InChI is InChI=1S/C58H37N3O/c1-58(2)49-22-9-5-17-39(49)44-32-46-41-19-7-11-24-52(41)60(55(46)33-50(44)58)37-26-27-54-45(31-37)40-18-6-10-23-51(40)59(54)36-15-13-14-34(28-36)35-29-47-38-16-3-4-21-43(38)57(62)61-53-25-12-8-20-42(53)48(30-35)56(47)61/h3-33H,1-2H3. The Morgan fingerprint density at radius 1 is 0.355 bits per heavy atom. The van der Waals surface area contributed by atoms with E-state index < -0.39 is 0 Å². The molecule has 4 heteroatoms. The van der Waals surface area contributed by atoms with Crippen molar-refractivity contribution in [1.29, 1.82) is 0 Å². The van der Waals surface area contributed by atoms with E-state index in [1.165, 1.54) is 54.8 Å². The van der Waals surface area contributed by atoms with Gasteiger partial charge in [-0.15, -0.1) is 0 Å². The third-order valence-corrected chi connectivity index (χ3v) is 14.1. The van der Waals surface area contributed by atoms with Gasteiger partial charge in [-0.2, -0.15) is 0 Å². The van der Waals surface area contributed by atoms with E-state index in [-0.39, 0.29) is 11.0 Å². The molecule has 0 amide bonds. The van der Waals surface area contributed by atoms with Gasteiger partial charge in [-0.25, -0.2) is 0 Å². The largest absolute Gasteiger partial charge is 0.309 e. The zero-order chi connectivity index (χ0) is 41.0. The lowest BCUT2D eigenvalue weighted by atomic mass is 9.82. The molecule has 4 aromatic heterocycles. The van der Waals surface area contributed by atoms with E-state index in [1.54, 1.807) is 0 Å². The molecular formula is C58H37N3O. The quantitative estimate of drug-likeness (QED) is 0.164. The second kappa shape index (κ2) is 11.9. The number of benzene rings is 9. The second-order valence-electron chi connectivity index (χ2n) is 17.7. The predicted octanol–water partition coefficient (Wildman–Crippen LogP) is 14.4. The Morgan fingerprint density at radius 2 is 0.919 bits per heavy atom. The molecule has 0 radical (unpaired) electrons. The van der Waals surface area contributed by atoms with Crippen molar-refractivity contribution in [3.05, 3.63) is 210 Å². The van der Waals surface area contributed by atoms with E-state index in [2.05, 4.69) is 187 Å². The molecule has 0 atom stereocenters. The van der Waals surface area contributed by atoms with Crippen LogP contribution >= 0.6 is 0 Å². The molecule has 4 heterocycles. The van der Waals surface area contributed by atoms with Crippen molar-refractivity contribution < 1.29 is 0 Å². The Hall–Kier alpha value is -7.95. The van der Waals surface area contributed by atoms with E-state index in [4.69, 9.17) is 0 Å². The summed E-state index contributed by atoms with van der Waals surface area (Å²) in [6.45, 7) is 4.72. The van der Waals surface area contributed by atoms with Gasteiger partial charge in [-0.3, -0.25) is 9.20 Å². The minimum Gasteiger partial charge on any atom is -0.309 e. The Morgan fingerprint density at radius 3 is 1.68 bits per heavy atom. The molecule has 1 aliphatic rings. The van der Waals surface area contributed by atoms with E-state index in [0.717, 1.165) is 71.5 Å². The molecule has 0 fully saturated rings. The molecule has 290 valence electrons. The van der Waals surface area contributed by atoms with Crippen molar-refractivity contribution >= 4 is 81.6 Å². The van der Waals surface area contributed by atoms with Gasteiger partial charge >= 0.3 is 0 Å². The number of fused-ring (bicyclic) bond motifs is 14. The minimum absolute atomic E-state index is 0.0279. The lowest BCUT2D eigenvalue weighted by Crippen LogP contribution is -2.14. The first-order chi connectivity index (χ1) is 30.4. The van der Waals surface area contributed by atoms with Gasteiger partial charge in [0, 0.05) is 59.9 Å². The molecule has 4 nitrogen and oxygen atoms in total. The highest BCUT2D eigenvalue weighted by Crippen LogP contribution is 2.51. The molecule has 0 spiro atoms. The Kier molecular flexibility index (Phi) is 6.48. The van der Waals surface area contributed by atoms with Gasteiger partial charge in [0.15, 0.2) is 0 Å². The van der Waals surface area contributed by atoms with E-state index in [1.807, 2.05) is 28.7 Å². The van der Waals surface area contributed by atoms with Crippen LogP contribution in [-0.4, -0.2) is 13.5 Å². The lowest BCUT2D eigenvalue weighted by Gasteiger charge is -2.21. The molecule has 0 saturated heterocycles. The molecule has 1 aliphatic carbocycles. The summed E-state index contributed by atoms with van der Waals surface area (Å²) in [6.07, 6.45) is 0. The minimum atomic E-state index is -0.0987. The smallest absolute Gasteiger partial charge is 0.263 e. The van der Waals surface area contributed by atoms with Crippen molar-refractivity contribution in [3.8, 4) is 33.6 Å². The molecular weight excluding hydrogens is 755 g/mol. The fraction of sp³-hybridized carbons (Fsp3) is 0.0517. The van der Waals surface area contributed by atoms with Crippen LogP contribution in [0.1, 0.15) is 25.0 Å². The highest BCUT2D eigenvalue weighted by molar-refractivity contribution is 6.22. The third-order valence-electron chi connectivity index (χ3n) is 14.1. The first-order valence-corrected chi connectivity index (χ1v) is 21.5. The van der Waals surface area contributed by atoms with Crippen molar-refractivity contribution in [1.82, 2.24) is 13.5 Å². The van der Waals surface area contributed by atoms with Crippen LogP contribution in [0.3, 0.4) is 0 Å². The molecule has 9 aromatic carbocycles. The Bertz CT molecular complexity index is 4160. The summed E-state index contributed by atoms with van der Waals surface area (Å²) in [6, 6.07) is 68.2. The van der Waals surface area contributed by atoms with Crippen molar-refractivity contribution in [2.45, 2.75) is 19.3 Å². The zero-order valence-electron chi connectivity index (χ0n) is 34.1. The molecule has 0 saturated carbocycles. The van der Waals surface area contributed by atoms with Crippen LogP contribution in [0.4, 0.5) is 0 Å². The third kappa shape index (κ3) is 4.28. The van der Waals surface area contributed by atoms with Gasteiger partial charge in [0.25, 0.3) is 5.56 Å². The molecule has 62 heavy (non-hydrogen) atoms. The Balaban J connectivity index is 0.975. The molecule has 0 aliphatic heterocycles. The van der Waals surface area contributed by atoms with Crippen LogP contribution in [0.2, 0.25) is 0 Å². The molecule has 0 unspecified atom stereocenters. The number of hydrogen-bond donors (Lipinski definition) is 0. The fourth-order valence-corrected chi connectivity index (χ4v) is 11.3. The maximum atomic E-state index is 14.0. The average molecular weight is 792 g/mol. The topological polar surface area (TPSA) is 31.3 Å². The van der Waals surface area contributed by atoms with Gasteiger partial charge in [-0.1, -0.05) is 123 Å². The van der Waals surface area contributed by atoms with Crippen LogP contribution in [0.25, 0.3) is 115 Å². The van der Waals surface area contributed by atoms with E-state index in [0.29, 0.717) is 0 Å². The first kappa shape index (κ1) is 33.8. The second-order valence-corrected chi connectivity index (χ2v) is 17.7. The molecule has 13 aromatic rings. The number of para-hydroxylation sites is 3. The Labute approximate surface area is 356 Å². The SMILES string of the molecule is CC1(C)c2ccccc2-c2cc3c4ccccc4n(-c4ccc5c(c4)c4ccccc4n5-c4cccc(-c5cc6c7ccccc7c(=O)n7c8ccccc8c(c5)c67)c4)c3cc21. The maximum Gasteiger partial charge on any atom is 0.263 e. The first-order valence-electron chi connectivity index (χ1n) is 21.5. The van der Waals surface area contributed by atoms with Gasteiger partial charge < -0.3 is 9.13 Å². The van der Waals surface area contributed by atoms with E-state index >= 15 is 0 Å². The van der Waals surface area contributed by atoms with Crippen molar-refractivity contribution in [3.63, 3.8) is 0 Å². The van der Waals surface area contributed by atoms with Crippen LogP contribution in [0, 0.1) is 0 Å². The van der Waals surface area contributed by atoms with Crippen molar-refractivity contribution in [2.24, 2.45) is 0 Å². The normalized spacial score (nSPS) is 13.5. The molecule has 0 N–H and O–H groups in total. The highest BCUT2D eigenvalue weighted by Gasteiger charge is 2.36. The monoisotopic (exact) mass is 791 g/mol. The van der Waals surface area contributed by atoms with Gasteiger partial charge in [0.1, 0.15) is 0 Å². The van der Waals surface area contributed by atoms with Crippen molar-refractivity contribution in [2.75, 3.05) is 0 Å². The number of hydrogen-bond acceptors (Lipinski definition) is 1. The number of nitrogens with zero attached hydrogens (tertiary/aromatic N) is 3. The average Bonchev–Trinajstić information content (AvgIpc) is 4.01. The summed E-state index contributed by atoms with van der Waals surface area (Å²) >= 11 is 0. The summed E-state index contributed by atoms with van der Waals surface area (Å²) in [5, 5.41) is 9.94.